The Morgan fingerprint density at radius 3 is 2.92 bits per heavy atom. The molecule has 1 aliphatic rings. The van der Waals surface area contributed by atoms with E-state index in [1.165, 1.54) is 17.4 Å². The van der Waals surface area contributed by atoms with Gasteiger partial charge in [-0.15, -0.1) is 11.3 Å². The Balaban J connectivity index is 1.65. The fraction of sp³-hybridized carbons (Fsp3) is 0.263. The monoisotopic (exact) mass is 338 g/mol. The number of pyridine rings is 1. The van der Waals surface area contributed by atoms with Gasteiger partial charge in [0.05, 0.1) is 10.9 Å². The average Bonchev–Trinajstić information content (AvgIpc) is 2.92. The number of rotatable bonds is 2. The summed E-state index contributed by atoms with van der Waals surface area (Å²) in [5.74, 6) is -0.0299. The zero-order chi connectivity index (χ0) is 16.7. The summed E-state index contributed by atoms with van der Waals surface area (Å²) in [7, 11) is 0. The minimum absolute atomic E-state index is 0.0299. The van der Waals surface area contributed by atoms with Crippen molar-refractivity contribution in [2.45, 2.75) is 32.2 Å². The van der Waals surface area contributed by atoms with Gasteiger partial charge in [-0.1, -0.05) is 18.2 Å². The maximum Gasteiger partial charge on any atom is 0.262 e. The topological polar surface area (TPSA) is 62.0 Å². The summed E-state index contributed by atoms with van der Waals surface area (Å²) in [5.41, 5.74) is 2.94. The molecule has 4 rings (SSSR count). The summed E-state index contributed by atoms with van der Waals surface area (Å²) < 4.78 is 1.13. The molecule has 1 aromatic carbocycles. The zero-order valence-corrected chi connectivity index (χ0v) is 14.2. The van der Waals surface area contributed by atoms with Gasteiger partial charge in [0.1, 0.15) is 0 Å². The van der Waals surface area contributed by atoms with Gasteiger partial charge in [-0.3, -0.25) is 9.59 Å². The molecule has 0 saturated heterocycles. The molecule has 0 radical (unpaired) electrons. The van der Waals surface area contributed by atoms with Crippen molar-refractivity contribution in [2.24, 2.45) is 0 Å². The minimum atomic E-state index is -0.0823. The molecule has 1 aliphatic carbocycles. The predicted molar refractivity (Wildman–Crippen MR) is 96.8 cm³/mol. The summed E-state index contributed by atoms with van der Waals surface area (Å²) in [4.78, 5) is 28.0. The maximum absolute atomic E-state index is 12.8. The van der Waals surface area contributed by atoms with E-state index < -0.39 is 0 Å². The second kappa shape index (κ2) is 5.91. The number of aromatic amines is 1. The lowest BCUT2D eigenvalue weighted by Crippen LogP contribution is -2.32. The molecule has 0 aliphatic heterocycles. The first kappa shape index (κ1) is 15.1. The van der Waals surface area contributed by atoms with Gasteiger partial charge < -0.3 is 10.3 Å². The number of benzene rings is 1. The molecule has 2 aromatic heterocycles. The Bertz CT molecular complexity index is 986. The summed E-state index contributed by atoms with van der Waals surface area (Å²) in [6.45, 7) is 2.00. The number of aromatic nitrogens is 1. The number of amides is 1. The number of H-pyrrole nitrogens is 1. The Kier molecular flexibility index (Phi) is 3.73. The number of thiophene rings is 1. The van der Waals surface area contributed by atoms with Gasteiger partial charge in [0.25, 0.3) is 5.91 Å². The molecule has 0 fully saturated rings. The lowest BCUT2D eigenvalue weighted by Gasteiger charge is -2.25. The van der Waals surface area contributed by atoms with Crippen molar-refractivity contribution in [1.82, 2.24) is 10.3 Å². The molecule has 24 heavy (non-hydrogen) atoms. The third kappa shape index (κ3) is 2.55. The van der Waals surface area contributed by atoms with Crippen LogP contribution in [0.4, 0.5) is 0 Å². The van der Waals surface area contributed by atoms with E-state index in [-0.39, 0.29) is 17.5 Å². The van der Waals surface area contributed by atoms with E-state index in [1.54, 1.807) is 0 Å². The molecular weight excluding hydrogens is 320 g/mol. The van der Waals surface area contributed by atoms with Crippen LogP contribution in [0.15, 0.2) is 41.2 Å². The van der Waals surface area contributed by atoms with Gasteiger partial charge in [-0.25, -0.2) is 0 Å². The highest BCUT2D eigenvalue weighted by Gasteiger charge is 2.24. The van der Waals surface area contributed by atoms with Crippen LogP contribution in [0, 0.1) is 6.92 Å². The molecule has 2 heterocycles. The van der Waals surface area contributed by atoms with E-state index in [4.69, 9.17) is 0 Å². The number of nitrogens with one attached hydrogen (secondary N) is 2. The number of carbonyl (C=O) groups is 1. The number of hydrogen-bond donors (Lipinski definition) is 2. The lowest BCUT2D eigenvalue weighted by molar-refractivity contribution is 0.0936. The van der Waals surface area contributed by atoms with Crippen LogP contribution in [0.25, 0.3) is 10.1 Å². The Morgan fingerprint density at radius 1 is 1.25 bits per heavy atom. The third-order valence-corrected chi connectivity index (χ3v) is 5.96. The van der Waals surface area contributed by atoms with Crippen molar-refractivity contribution < 1.29 is 4.79 Å². The first-order valence-electron chi connectivity index (χ1n) is 8.14. The molecule has 5 heteroatoms. The molecule has 2 N–H and O–H groups in total. The van der Waals surface area contributed by atoms with E-state index in [2.05, 4.69) is 16.4 Å². The highest BCUT2D eigenvalue weighted by atomic mass is 32.1. The van der Waals surface area contributed by atoms with E-state index >= 15 is 0 Å². The smallest absolute Gasteiger partial charge is 0.262 e. The Labute approximate surface area is 143 Å². The zero-order valence-electron chi connectivity index (χ0n) is 13.4. The van der Waals surface area contributed by atoms with Crippen LogP contribution in [0.3, 0.4) is 0 Å². The molecule has 4 nitrogen and oxygen atoms in total. The molecule has 1 amide bonds. The summed E-state index contributed by atoms with van der Waals surface area (Å²) in [6, 6.07) is 11.4. The normalized spacial score (nSPS) is 16.8. The van der Waals surface area contributed by atoms with Crippen molar-refractivity contribution >= 4 is 27.3 Å². The predicted octanol–water partition coefficient (Wildman–Crippen LogP) is 3.71. The molecule has 0 saturated carbocycles. The Hall–Kier alpha value is -2.40. The van der Waals surface area contributed by atoms with Crippen LogP contribution in [0.1, 0.15) is 45.4 Å². The first-order chi connectivity index (χ1) is 11.6. The van der Waals surface area contributed by atoms with Crippen LogP contribution >= 0.6 is 11.3 Å². The molecule has 1 atom stereocenters. The first-order valence-corrected chi connectivity index (χ1v) is 8.96. The van der Waals surface area contributed by atoms with Crippen LogP contribution in [-0.2, 0) is 6.42 Å². The van der Waals surface area contributed by atoms with Crippen molar-refractivity contribution in [3.8, 4) is 0 Å². The van der Waals surface area contributed by atoms with Crippen molar-refractivity contribution in [2.75, 3.05) is 0 Å². The Morgan fingerprint density at radius 2 is 2.08 bits per heavy atom. The summed E-state index contributed by atoms with van der Waals surface area (Å²) >= 11 is 1.53. The van der Waals surface area contributed by atoms with Crippen molar-refractivity contribution in [1.29, 1.82) is 0 Å². The fourth-order valence-electron chi connectivity index (χ4n) is 3.46. The lowest BCUT2D eigenvalue weighted by atomic mass is 9.91. The van der Waals surface area contributed by atoms with E-state index in [0.717, 1.165) is 51.0 Å². The minimum Gasteiger partial charge on any atom is -0.344 e. The molecule has 0 spiro atoms. The van der Waals surface area contributed by atoms with E-state index in [0.29, 0.717) is 0 Å². The van der Waals surface area contributed by atoms with E-state index in [9.17, 15) is 9.59 Å². The molecule has 3 aromatic rings. The van der Waals surface area contributed by atoms with Crippen molar-refractivity contribution in [3.05, 3.63) is 68.4 Å². The van der Waals surface area contributed by atoms with Crippen molar-refractivity contribution in [3.63, 3.8) is 0 Å². The van der Waals surface area contributed by atoms with Crippen LogP contribution in [0.2, 0.25) is 0 Å². The van der Waals surface area contributed by atoms with Gasteiger partial charge in [-0.05, 0) is 54.8 Å². The van der Waals surface area contributed by atoms with Gasteiger partial charge in [-0.2, -0.15) is 0 Å². The van der Waals surface area contributed by atoms with Gasteiger partial charge in [0.2, 0.25) is 5.56 Å². The third-order valence-electron chi connectivity index (χ3n) is 4.69. The van der Waals surface area contributed by atoms with Crippen LogP contribution in [-0.4, -0.2) is 10.9 Å². The number of hydrogen-bond acceptors (Lipinski definition) is 3. The standard InChI is InChI=1S/C19H18N2O2S/c1-11-12-5-2-3-8-16(12)24-18(11)19(23)21-15-7-4-6-14-13(15)9-10-17(22)20-14/h2-3,5,8-10,15H,4,6-7H2,1H3,(H,20,22)(H,21,23)/t15-/m0/s1. The van der Waals surface area contributed by atoms with Gasteiger partial charge >= 0.3 is 0 Å². The van der Waals surface area contributed by atoms with Gasteiger partial charge in [0.15, 0.2) is 0 Å². The number of aryl methyl sites for hydroxylation is 2. The molecule has 0 unspecified atom stereocenters. The number of carbonyl (C=O) groups excluding carboxylic acids is 1. The summed E-state index contributed by atoms with van der Waals surface area (Å²) in [6.07, 6.45) is 2.72. The molecule has 122 valence electrons. The SMILES string of the molecule is Cc1c(C(=O)N[C@H]2CCCc3[nH]c(=O)ccc32)sc2ccccc12. The van der Waals surface area contributed by atoms with E-state index in [1.807, 2.05) is 31.2 Å². The quantitative estimate of drug-likeness (QED) is 0.748. The molecular formula is C19H18N2O2S. The summed E-state index contributed by atoms with van der Waals surface area (Å²) in [5, 5.41) is 4.30. The average molecular weight is 338 g/mol. The second-order valence-corrected chi connectivity index (χ2v) is 7.28. The largest absolute Gasteiger partial charge is 0.344 e. The fourth-order valence-corrected chi connectivity index (χ4v) is 4.58. The van der Waals surface area contributed by atoms with Crippen LogP contribution in [0.5, 0.6) is 0 Å². The number of fused-ring (bicyclic) bond motifs is 2. The van der Waals surface area contributed by atoms with Crippen LogP contribution < -0.4 is 10.9 Å². The highest BCUT2D eigenvalue weighted by molar-refractivity contribution is 7.21. The highest BCUT2D eigenvalue weighted by Crippen LogP contribution is 2.32. The maximum atomic E-state index is 12.8. The molecule has 0 bridgehead atoms. The van der Waals surface area contributed by atoms with Gasteiger partial charge in [0, 0.05) is 16.5 Å². The second-order valence-electron chi connectivity index (χ2n) is 6.23.